The molecule has 3 N–H and O–H groups in total. The Balaban J connectivity index is 1.19. The van der Waals surface area contributed by atoms with Crippen molar-refractivity contribution in [2.24, 2.45) is 0 Å². The molecule has 2 aliphatic heterocycles. The molecule has 0 bridgehead atoms. The Kier molecular flexibility index (Phi) is 8.10. The molecule has 37 heavy (non-hydrogen) atoms. The molecule has 0 saturated carbocycles. The van der Waals surface area contributed by atoms with Gasteiger partial charge in [0, 0.05) is 38.6 Å². The minimum Gasteiger partial charge on any atom is -0.446 e. The number of hydrogen-bond donors (Lipinski definition) is 3. The van der Waals surface area contributed by atoms with Gasteiger partial charge in [0.15, 0.2) is 6.39 Å². The van der Waals surface area contributed by atoms with Gasteiger partial charge in [-0.05, 0) is 42.5 Å². The van der Waals surface area contributed by atoms with Crippen LogP contribution in [0.2, 0.25) is 0 Å². The third-order valence-corrected chi connectivity index (χ3v) is 6.80. The Morgan fingerprint density at radius 1 is 1.30 bits per heavy atom. The van der Waals surface area contributed by atoms with E-state index in [4.69, 9.17) is 13.9 Å². The van der Waals surface area contributed by atoms with E-state index in [9.17, 15) is 9.90 Å². The number of aliphatic hydroxyl groups is 1. The molecule has 1 fully saturated rings. The highest BCUT2D eigenvalue weighted by molar-refractivity contribution is 5.94. The maximum atomic E-state index is 12.8. The number of aliphatic hydroxyl groups excluding tert-OH is 1. The molecule has 1 saturated heterocycles. The zero-order chi connectivity index (χ0) is 25.6. The second kappa shape index (κ2) is 11.8. The molecule has 0 radical (unpaired) electrons. The van der Waals surface area contributed by atoms with Gasteiger partial charge in [-0.3, -0.25) is 14.7 Å². The topological polar surface area (TPSA) is 122 Å². The second-order valence-electron chi connectivity index (χ2n) is 9.55. The molecule has 10 heteroatoms. The van der Waals surface area contributed by atoms with Crippen LogP contribution in [0.4, 0.5) is 5.69 Å². The van der Waals surface area contributed by atoms with Crippen LogP contribution in [0.3, 0.4) is 0 Å². The highest BCUT2D eigenvalue weighted by Crippen LogP contribution is 2.33. The van der Waals surface area contributed by atoms with E-state index in [-0.39, 0.29) is 31.3 Å². The van der Waals surface area contributed by atoms with Crippen molar-refractivity contribution in [2.75, 3.05) is 38.2 Å². The van der Waals surface area contributed by atoms with Gasteiger partial charge in [-0.15, -0.1) is 0 Å². The van der Waals surface area contributed by atoms with Gasteiger partial charge in [0.05, 0.1) is 36.2 Å². The van der Waals surface area contributed by atoms with Crippen LogP contribution in [-0.2, 0) is 22.5 Å². The third-order valence-electron chi connectivity index (χ3n) is 6.80. The van der Waals surface area contributed by atoms with Crippen molar-refractivity contribution >= 4 is 11.6 Å². The summed E-state index contributed by atoms with van der Waals surface area (Å²) in [6.07, 6.45) is 6.89. The number of carbonyl (C=O) groups is 1. The Labute approximate surface area is 216 Å². The molecule has 1 aromatic carbocycles. The molecule has 10 nitrogen and oxygen atoms in total. The minimum atomic E-state index is -0.781. The normalized spacial score (nSPS) is 20.4. The van der Waals surface area contributed by atoms with Crippen LogP contribution in [0.5, 0.6) is 0 Å². The number of fused-ring (bicyclic) bond motifs is 1. The van der Waals surface area contributed by atoms with Crippen LogP contribution < -0.4 is 10.6 Å². The summed E-state index contributed by atoms with van der Waals surface area (Å²) in [6, 6.07) is 8.19. The van der Waals surface area contributed by atoms with E-state index in [0.29, 0.717) is 24.5 Å². The Morgan fingerprint density at radius 2 is 2.22 bits per heavy atom. The standard InChI is InChI=1S/C27H33N5O5/c1-18-3-2-4-25-24(18)5-7-32(27(25)36-16-23-13-29-17-37-23)14-22(33)12-30-26(34)19-9-21(11-28-10-19)31-20-6-8-35-15-20/h2-4,9-11,13,17,20,22,27,31,33H,5-8,12,14-16H2,1H3,(H,30,34)/t20?,22-,27?/m0/s1. The number of oxazole rings is 1. The fourth-order valence-corrected chi connectivity index (χ4v) is 4.90. The van der Waals surface area contributed by atoms with E-state index in [1.807, 2.05) is 6.07 Å². The average molecular weight is 508 g/mol. The number of ether oxygens (including phenoxy) is 2. The lowest BCUT2D eigenvalue weighted by molar-refractivity contribution is -0.0940. The summed E-state index contributed by atoms with van der Waals surface area (Å²) in [6.45, 7) is 4.93. The molecule has 0 spiro atoms. The summed E-state index contributed by atoms with van der Waals surface area (Å²) in [4.78, 5) is 23.0. The van der Waals surface area contributed by atoms with Gasteiger partial charge >= 0.3 is 0 Å². The number of carbonyl (C=O) groups excluding carboxylic acids is 1. The monoisotopic (exact) mass is 507 g/mol. The van der Waals surface area contributed by atoms with E-state index in [1.165, 1.54) is 23.7 Å². The number of benzene rings is 1. The minimum absolute atomic E-state index is 0.110. The summed E-state index contributed by atoms with van der Waals surface area (Å²) >= 11 is 0. The van der Waals surface area contributed by atoms with Crippen molar-refractivity contribution in [3.05, 3.63) is 77.3 Å². The number of aromatic nitrogens is 2. The van der Waals surface area contributed by atoms with Crippen LogP contribution >= 0.6 is 0 Å². The third kappa shape index (κ3) is 6.34. The van der Waals surface area contributed by atoms with Gasteiger partial charge in [-0.1, -0.05) is 18.2 Å². The van der Waals surface area contributed by atoms with Crippen molar-refractivity contribution < 1.29 is 23.8 Å². The van der Waals surface area contributed by atoms with Crippen molar-refractivity contribution in [3.63, 3.8) is 0 Å². The van der Waals surface area contributed by atoms with E-state index in [2.05, 4.69) is 44.6 Å². The quantitative estimate of drug-likeness (QED) is 0.380. The fourth-order valence-electron chi connectivity index (χ4n) is 4.90. The van der Waals surface area contributed by atoms with Gasteiger partial charge in [-0.25, -0.2) is 4.98 Å². The van der Waals surface area contributed by atoms with E-state index in [0.717, 1.165) is 37.2 Å². The number of nitrogens with one attached hydrogen (secondary N) is 2. The number of nitrogens with zero attached hydrogens (tertiary/aromatic N) is 3. The van der Waals surface area contributed by atoms with Crippen LogP contribution in [0.25, 0.3) is 0 Å². The van der Waals surface area contributed by atoms with E-state index >= 15 is 0 Å². The van der Waals surface area contributed by atoms with Crippen molar-refractivity contribution in [2.45, 2.75) is 44.7 Å². The van der Waals surface area contributed by atoms with Gasteiger partial charge in [0.2, 0.25) is 0 Å². The number of rotatable bonds is 10. The molecular weight excluding hydrogens is 474 g/mol. The summed E-state index contributed by atoms with van der Waals surface area (Å²) in [5.41, 5.74) is 4.80. The van der Waals surface area contributed by atoms with Gasteiger partial charge in [0.25, 0.3) is 5.91 Å². The lowest BCUT2D eigenvalue weighted by atomic mass is 9.93. The number of hydrogen-bond acceptors (Lipinski definition) is 9. The largest absolute Gasteiger partial charge is 0.446 e. The van der Waals surface area contributed by atoms with Gasteiger partial charge < -0.3 is 29.6 Å². The lowest BCUT2D eigenvalue weighted by Crippen LogP contribution is -2.45. The van der Waals surface area contributed by atoms with Crippen molar-refractivity contribution in [1.82, 2.24) is 20.2 Å². The Morgan fingerprint density at radius 3 is 3.03 bits per heavy atom. The van der Waals surface area contributed by atoms with Crippen LogP contribution in [-0.4, -0.2) is 70.9 Å². The molecule has 2 aromatic heterocycles. The first-order valence-corrected chi connectivity index (χ1v) is 12.6. The Bertz CT molecular complexity index is 1180. The van der Waals surface area contributed by atoms with Crippen LogP contribution in [0, 0.1) is 6.92 Å². The lowest BCUT2D eigenvalue weighted by Gasteiger charge is -2.38. The van der Waals surface area contributed by atoms with E-state index in [1.54, 1.807) is 18.5 Å². The second-order valence-corrected chi connectivity index (χ2v) is 9.55. The zero-order valence-electron chi connectivity index (χ0n) is 20.9. The summed E-state index contributed by atoms with van der Waals surface area (Å²) in [5.74, 6) is 0.355. The molecule has 0 aliphatic carbocycles. The van der Waals surface area contributed by atoms with Crippen molar-refractivity contribution in [1.29, 1.82) is 0 Å². The van der Waals surface area contributed by atoms with E-state index < -0.39 is 6.10 Å². The van der Waals surface area contributed by atoms with Crippen LogP contribution in [0.15, 0.2) is 53.7 Å². The molecule has 3 atom stereocenters. The first-order valence-electron chi connectivity index (χ1n) is 12.6. The molecule has 4 heterocycles. The fraction of sp³-hybridized carbons (Fsp3) is 0.444. The maximum Gasteiger partial charge on any atom is 0.253 e. The van der Waals surface area contributed by atoms with Crippen LogP contribution in [0.1, 0.15) is 45.5 Å². The number of anilines is 1. The zero-order valence-corrected chi connectivity index (χ0v) is 20.9. The Hall–Kier alpha value is -3.31. The highest BCUT2D eigenvalue weighted by Gasteiger charge is 2.30. The number of aryl methyl sites for hydroxylation is 1. The molecular formula is C27H33N5O5. The molecule has 2 unspecified atom stereocenters. The van der Waals surface area contributed by atoms with Gasteiger partial charge in [-0.2, -0.15) is 0 Å². The number of amides is 1. The highest BCUT2D eigenvalue weighted by atomic mass is 16.5. The summed E-state index contributed by atoms with van der Waals surface area (Å²) in [5, 5.41) is 17.0. The first-order chi connectivity index (χ1) is 18.1. The molecule has 5 rings (SSSR count). The molecule has 1 amide bonds. The number of pyridine rings is 1. The average Bonchev–Trinajstić information content (AvgIpc) is 3.61. The number of β-amino-alcohol motifs (C(OH)–C–C–N with tert-alkyl or cyclic N) is 1. The van der Waals surface area contributed by atoms with Crippen molar-refractivity contribution in [3.8, 4) is 0 Å². The molecule has 196 valence electrons. The summed E-state index contributed by atoms with van der Waals surface area (Å²) < 4.78 is 17.0. The SMILES string of the molecule is Cc1cccc2c1CCN(C[C@@H](O)CNC(=O)c1cncc(NC3CCOC3)c1)C2OCc1cnco1. The predicted octanol–water partition coefficient (Wildman–Crippen LogP) is 2.44. The molecule has 2 aliphatic rings. The van der Waals surface area contributed by atoms with Gasteiger partial charge in [0.1, 0.15) is 18.6 Å². The summed E-state index contributed by atoms with van der Waals surface area (Å²) in [7, 11) is 0. The smallest absolute Gasteiger partial charge is 0.253 e. The predicted molar refractivity (Wildman–Crippen MR) is 136 cm³/mol. The first kappa shape index (κ1) is 25.3. The molecule has 3 aromatic rings. The maximum absolute atomic E-state index is 12.8.